The Kier molecular flexibility index (Phi) is 6.81. The zero-order chi connectivity index (χ0) is 20.0. The molecule has 1 aromatic carbocycles. The largest absolute Gasteiger partial charge is 0.465 e. The molecular weight excluding hydrogens is 359 g/mol. The van der Waals surface area contributed by atoms with Gasteiger partial charge in [0.25, 0.3) is 5.69 Å². The average Bonchev–Trinajstić information content (AvgIpc) is 2.54. The molecule has 1 rings (SSSR count). The van der Waals surface area contributed by atoms with Crippen molar-refractivity contribution in [3.8, 4) is 0 Å². The Balaban J connectivity index is 3.53. The molecular formula is C14H13FN2O9. The maximum Gasteiger partial charge on any atom is 0.328 e. The van der Waals surface area contributed by atoms with Gasteiger partial charge in [0, 0.05) is 0 Å². The number of ether oxygens (including phenoxy) is 2. The number of rotatable bonds is 8. The zero-order valence-electron chi connectivity index (χ0n) is 13.6. The van der Waals surface area contributed by atoms with Gasteiger partial charge in [-0.15, -0.1) is 0 Å². The molecule has 0 aliphatic rings. The standard InChI is InChI=1S/C14H13FN2O9/c1-3-25-13(19)11(14(20)26-4-2)12(18)7-5-8(15)10(17(23)24)6-9(7)16(21)22/h5-6,11H,3-4H2,1-2H3. The van der Waals surface area contributed by atoms with Crippen LogP contribution in [-0.2, 0) is 19.1 Å². The van der Waals surface area contributed by atoms with Gasteiger partial charge in [0.05, 0.1) is 29.1 Å². The maximum absolute atomic E-state index is 13.8. The molecule has 0 saturated heterocycles. The molecule has 0 spiro atoms. The molecule has 0 saturated carbocycles. The van der Waals surface area contributed by atoms with Crippen molar-refractivity contribution in [2.24, 2.45) is 5.92 Å². The molecule has 0 atom stereocenters. The van der Waals surface area contributed by atoms with E-state index >= 15 is 0 Å². The first kappa shape index (κ1) is 20.6. The van der Waals surface area contributed by atoms with E-state index in [2.05, 4.69) is 9.47 Å². The lowest BCUT2D eigenvalue weighted by Gasteiger charge is -2.13. The number of carbonyl (C=O) groups excluding carboxylic acids is 3. The quantitative estimate of drug-likeness (QED) is 0.217. The Labute approximate surface area is 145 Å². The van der Waals surface area contributed by atoms with Crippen LogP contribution in [0.1, 0.15) is 24.2 Å². The third-order valence-electron chi connectivity index (χ3n) is 3.03. The second kappa shape index (κ2) is 8.60. The molecule has 26 heavy (non-hydrogen) atoms. The number of nitrogens with zero attached hydrogens (tertiary/aromatic N) is 2. The van der Waals surface area contributed by atoms with Crippen molar-refractivity contribution in [2.75, 3.05) is 13.2 Å². The molecule has 0 unspecified atom stereocenters. The first-order chi connectivity index (χ1) is 12.1. The number of halogens is 1. The van der Waals surface area contributed by atoms with E-state index in [1.807, 2.05) is 0 Å². The van der Waals surface area contributed by atoms with Crippen molar-refractivity contribution in [3.05, 3.63) is 43.7 Å². The average molecular weight is 372 g/mol. The van der Waals surface area contributed by atoms with Gasteiger partial charge in [-0.05, 0) is 19.9 Å². The van der Waals surface area contributed by atoms with Crippen LogP contribution in [0, 0.1) is 32.0 Å². The fourth-order valence-corrected chi connectivity index (χ4v) is 1.96. The van der Waals surface area contributed by atoms with E-state index < -0.39 is 56.2 Å². The Morgan fingerprint density at radius 3 is 1.85 bits per heavy atom. The number of nitro groups is 2. The van der Waals surface area contributed by atoms with E-state index in [1.165, 1.54) is 13.8 Å². The molecule has 0 fully saturated rings. The Morgan fingerprint density at radius 1 is 1.00 bits per heavy atom. The molecule has 12 heteroatoms. The summed E-state index contributed by atoms with van der Waals surface area (Å²) >= 11 is 0. The Morgan fingerprint density at radius 2 is 1.46 bits per heavy atom. The van der Waals surface area contributed by atoms with E-state index in [-0.39, 0.29) is 25.3 Å². The molecule has 0 amide bonds. The highest BCUT2D eigenvalue weighted by Gasteiger charge is 2.41. The van der Waals surface area contributed by atoms with Crippen molar-refractivity contribution < 1.29 is 38.1 Å². The van der Waals surface area contributed by atoms with Crippen molar-refractivity contribution in [2.45, 2.75) is 13.8 Å². The van der Waals surface area contributed by atoms with Gasteiger partial charge >= 0.3 is 17.6 Å². The number of benzene rings is 1. The molecule has 0 aliphatic heterocycles. The second-order valence-electron chi connectivity index (χ2n) is 4.64. The van der Waals surface area contributed by atoms with Crippen LogP contribution in [0.4, 0.5) is 15.8 Å². The fraction of sp³-hybridized carbons (Fsp3) is 0.357. The van der Waals surface area contributed by atoms with Crippen LogP contribution in [0.5, 0.6) is 0 Å². The van der Waals surface area contributed by atoms with E-state index in [0.29, 0.717) is 0 Å². The van der Waals surface area contributed by atoms with Crippen molar-refractivity contribution in [3.63, 3.8) is 0 Å². The van der Waals surface area contributed by atoms with Gasteiger partial charge in [-0.2, -0.15) is 4.39 Å². The minimum absolute atomic E-state index is 0.210. The lowest BCUT2D eigenvalue weighted by atomic mass is 9.95. The predicted molar refractivity (Wildman–Crippen MR) is 80.8 cm³/mol. The summed E-state index contributed by atoms with van der Waals surface area (Å²) in [5.41, 5.74) is -3.37. The van der Waals surface area contributed by atoms with Gasteiger partial charge in [-0.3, -0.25) is 34.6 Å². The number of hydrogen-bond donors (Lipinski definition) is 0. The van der Waals surface area contributed by atoms with Crippen molar-refractivity contribution in [1.82, 2.24) is 0 Å². The molecule has 0 aromatic heterocycles. The van der Waals surface area contributed by atoms with Gasteiger partial charge in [0.2, 0.25) is 11.7 Å². The van der Waals surface area contributed by atoms with Gasteiger partial charge in [0.1, 0.15) is 5.56 Å². The van der Waals surface area contributed by atoms with Gasteiger partial charge in [0.15, 0.2) is 5.78 Å². The highest BCUT2D eigenvalue weighted by Crippen LogP contribution is 2.30. The van der Waals surface area contributed by atoms with Crippen LogP contribution in [0.2, 0.25) is 0 Å². The normalized spacial score (nSPS) is 10.3. The Bertz CT molecular complexity index is 760. The topological polar surface area (TPSA) is 156 Å². The highest BCUT2D eigenvalue weighted by atomic mass is 19.1. The van der Waals surface area contributed by atoms with Crippen LogP contribution in [0.3, 0.4) is 0 Å². The molecule has 0 bridgehead atoms. The summed E-state index contributed by atoms with van der Waals surface area (Å²) in [6, 6.07) is 0.458. The van der Waals surface area contributed by atoms with E-state index in [1.54, 1.807) is 0 Å². The summed E-state index contributed by atoms with van der Waals surface area (Å²) in [7, 11) is 0. The second-order valence-corrected chi connectivity index (χ2v) is 4.64. The summed E-state index contributed by atoms with van der Waals surface area (Å²) in [6.45, 7) is 2.36. The summed E-state index contributed by atoms with van der Waals surface area (Å²) in [6.07, 6.45) is 0. The van der Waals surface area contributed by atoms with E-state index in [0.717, 1.165) is 0 Å². The number of Topliss-reactive ketones (excluding diaryl/α,β-unsaturated/α-hetero) is 1. The number of nitro benzene ring substituents is 2. The lowest BCUT2D eigenvalue weighted by molar-refractivity contribution is -0.396. The monoisotopic (exact) mass is 372 g/mol. The molecule has 0 radical (unpaired) electrons. The highest BCUT2D eigenvalue weighted by molar-refractivity contribution is 6.22. The first-order valence-corrected chi connectivity index (χ1v) is 7.15. The molecule has 11 nitrogen and oxygen atoms in total. The molecule has 140 valence electrons. The van der Waals surface area contributed by atoms with Crippen molar-refractivity contribution in [1.29, 1.82) is 0 Å². The van der Waals surface area contributed by atoms with Crippen LogP contribution < -0.4 is 0 Å². The van der Waals surface area contributed by atoms with Gasteiger partial charge in [-0.25, -0.2) is 0 Å². The summed E-state index contributed by atoms with van der Waals surface area (Å²) in [5, 5.41) is 21.8. The van der Waals surface area contributed by atoms with Crippen LogP contribution in [-0.4, -0.2) is 40.8 Å². The SMILES string of the molecule is CCOC(=O)C(C(=O)OCC)C(=O)c1cc(F)c([N+](=O)[O-])cc1[N+](=O)[O-]. The third kappa shape index (κ3) is 4.34. The van der Waals surface area contributed by atoms with Gasteiger partial charge < -0.3 is 9.47 Å². The zero-order valence-corrected chi connectivity index (χ0v) is 13.6. The van der Waals surface area contributed by atoms with Gasteiger partial charge in [-0.1, -0.05) is 0 Å². The minimum atomic E-state index is -2.23. The smallest absolute Gasteiger partial charge is 0.328 e. The van der Waals surface area contributed by atoms with Crippen LogP contribution in [0.15, 0.2) is 12.1 Å². The third-order valence-corrected chi connectivity index (χ3v) is 3.03. The minimum Gasteiger partial charge on any atom is -0.465 e. The summed E-state index contributed by atoms with van der Waals surface area (Å²) < 4.78 is 23.0. The molecule has 0 aliphatic carbocycles. The molecule has 0 N–H and O–H groups in total. The fourth-order valence-electron chi connectivity index (χ4n) is 1.96. The van der Waals surface area contributed by atoms with Crippen LogP contribution in [0.25, 0.3) is 0 Å². The summed E-state index contributed by atoms with van der Waals surface area (Å²) in [5.74, 6) is -7.93. The van der Waals surface area contributed by atoms with Crippen LogP contribution >= 0.6 is 0 Å². The number of esters is 2. The first-order valence-electron chi connectivity index (χ1n) is 7.15. The Hall–Kier alpha value is -3.44. The van der Waals surface area contributed by atoms with Crippen molar-refractivity contribution >= 4 is 29.1 Å². The summed E-state index contributed by atoms with van der Waals surface area (Å²) in [4.78, 5) is 55.7. The maximum atomic E-state index is 13.8. The molecule has 1 aromatic rings. The lowest BCUT2D eigenvalue weighted by Crippen LogP contribution is -2.35. The van der Waals surface area contributed by atoms with E-state index in [9.17, 15) is 39.0 Å². The number of hydrogen-bond acceptors (Lipinski definition) is 9. The predicted octanol–water partition coefficient (Wildman–Crippen LogP) is 1.57. The van der Waals surface area contributed by atoms with E-state index in [4.69, 9.17) is 0 Å². The molecule has 0 heterocycles. The number of carbonyl (C=O) groups is 3. The number of ketones is 1.